The van der Waals surface area contributed by atoms with Crippen LogP contribution in [0.2, 0.25) is 0 Å². The predicted molar refractivity (Wildman–Crippen MR) is 110 cm³/mol. The minimum Gasteiger partial charge on any atom is -0.348 e. The zero-order chi connectivity index (χ0) is 21.6. The number of nitrogens with zero attached hydrogens (tertiary/aromatic N) is 3. The standard InChI is InChI=1S/C22H24N4O5/c1-14(27)24-19-18(25-26-23)20-17(13-29-21(31-20)16-10-6-3-7-11-16)30-22(19)28-12-15-8-4-2-5-9-15/h2-11,17-22H,12-13H2,1H3,(H,24,27)/t17-,18+,19-,20+,21+,22+/m1/s1. The Labute approximate surface area is 179 Å². The van der Waals surface area contributed by atoms with Crippen LogP contribution in [0.5, 0.6) is 0 Å². The van der Waals surface area contributed by atoms with Crippen LogP contribution in [-0.4, -0.2) is 43.1 Å². The van der Waals surface area contributed by atoms with E-state index in [1.165, 1.54) is 6.92 Å². The molecule has 0 bridgehead atoms. The quantitative estimate of drug-likeness (QED) is 0.434. The third-order valence-electron chi connectivity index (χ3n) is 5.25. The van der Waals surface area contributed by atoms with Gasteiger partial charge in [-0.2, -0.15) is 0 Å². The van der Waals surface area contributed by atoms with Crippen LogP contribution in [0.3, 0.4) is 0 Å². The average Bonchev–Trinajstić information content (AvgIpc) is 2.80. The van der Waals surface area contributed by atoms with Gasteiger partial charge in [-0.15, -0.1) is 0 Å². The van der Waals surface area contributed by atoms with E-state index in [0.717, 1.165) is 11.1 Å². The molecule has 0 unspecified atom stereocenters. The molecule has 0 saturated carbocycles. The fourth-order valence-electron chi connectivity index (χ4n) is 3.85. The molecular formula is C22H24N4O5. The second kappa shape index (κ2) is 9.91. The molecule has 2 aliphatic rings. The Morgan fingerprint density at radius 3 is 2.55 bits per heavy atom. The fourth-order valence-corrected chi connectivity index (χ4v) is 3.85. The third kappa shape index (κ3) is 5.04. The highest BCUT2D eigenvalue weighted by atomic mass is 16.7. The fraction of sp³-hybridized carbons (Fsp3) is 0.409. The van der Waals surface area contributed by atoms with Crippen molar-refractivity contribution in [3.63, 3.8) is 0 Å². The number of ether oxygens (including phenoxy) is 4. The Morgan fingerprint density at radius 1 is 1.16 bits per heavy atom. The zero-order valence-corrected chi connectivity index (χ0v) is 17.0. The van der Waals surface area contributed by atoms with E-state index >= 15 is 0 Å². The lowest BCUT2D eigenvalue weighted by atomic mass is 9.93. The van der Waals surface area contributed by atoms with Crippen molar-refractivity contribution in [2.45, 2.75) is 50.4 Å². The van der Waals surface area contributed by atoms with Gasteiger partial charge in [0.2, 0.25) is 5.91 Å². The smallest absolute Gasteiger partial charge is 0.217 e. The molecule has 0 spiro atoms. The van der Waals surface area contributed by atoms with Crippen LogP contribution in [0.4, 0.5) is 0 Å². The van der Waals surface area contributed by atoms with Crippen molar-refractivity contribution < 1.29 is 23.7 Å². The van der Waals surface area contributed by atoms with Crippen LogP contribution in [0, 0.1) is 0 Å². The molecule has 2 aromatic rings. The van der Waals surface area contributed by atoms with Crippen LogP contribution in [0.25, 0.3) is 10.4 Å². The SMILES string of the molecule is CC(=O)N[C@H]1[C@@H](OCc2ccccc2)O[C@@H]2CO[C@H](c3ccccc3)O[C@@H]2[C@H]1N=[N+]=[N-]. The summed E-state index contributed by atoms with van der Waals surface area (Å²) < 4.78 is 24.1. The van der Waals surface area contributed by atoms with Crippen LogP contribution in [0.15, 0.2) is 65.8 Å². The normalized spacial score (nSPS) is 30.0. The molecule has 1 N–H and O–H groups in total. The van der Waals surface area contributed by atoms with Gasteiger partial charge in [0.25, 0.3) is 0 Å². The molecule has 1 amide bonds. The summed E-state index contributed by atoms with van der Waals surface area (Å²) in [6.45, 7) is 1.90. The molecule has 9 nitrogen and oxygen atoms in total. The van der Waals surface area contributed by atoms with Gasteiger partial charge >= 0.3 is 0 Å². The number of amides is 1. The molecule has 0 radical (unpaired) electrons. The molecule has 162 valence electrons. The van der Waals surface area contributed by atoms with E-state index < -0.39 is 36.9 Å². The minimum atomic E-state index is -0.832. The summed E-state index contributed by atoms with van der Waals surface area (Å²) in [4.78, 5) is 14.9. The van der Waals surface area contributed by atoms with Gasteiger partial charge < -0.3 is 24.3 Å². The maximum Gasteiger partial charge on any atom is 0.217 e. The lowest BCUT2D eigenvalue weighted by Crippen LogP contribution is -2.65. The first-order valence-electron chi connectivity index (χ1n) is 10.1. The average molecular weight is 424 g/mol. The number of fused-ring (bicyclic) bond motifs is 1. The molecule has 9 heteroatoms. The molecule has 2 heterocycles. The molecule has 31 heavy (non-hydrogen) atoms. The number of carbonyl (C=O) groups excluding carboxylic acids is 1. The molecule has 0 aromatic heterocycles. The van der Waals surface area contributed by atoms with Crippen molar-refractivity contribution in [3.8, 4) is 0 Å². The van der Waals surface area contributed by atoms with Gasteiger partial charge in [-0.05, 0) is 11.1 Å². The van der Waals surface area contributed by atoms with Gasteiger partial charge in [0, 0.05) is 17.4 Å². The summed E-state index contributed by atoms with van der Waals surface area (Å²) in [5, 5.41) is 6.78. The first-order chi connectivity index (χ1) is 15.2. The molecule has 6 atom stereocenters. The van der Waals surface area contributed by atoms with E-state index in [0.29, 0.717) is 0 Å². The summed E-state index contributed by atoms with van der Waals surface area (Å²) in [7, 11) is 0. The topological polar surface area (TPSA) is 115 Å². The van der Waals surface area contributed by atoms with Gasteiger partial charge in [0.05, 0.1) is 25.3 Å². The minimum absolute atomic E-state index is 0.236. The Morgan fingerprint density at radius 2 is 1.87 bits per heavy atom. The Balaban J connectivity index is 1.56. The molecular weight excluding hydrogens is 400 g/mol. The number of azide groups is 1. The number of rotatable bonds is 6. The summed E-state index contributed by atoms with van der Waals surface area (Å²) in [5.74, 6) is -0.287. The highest BCUT2D eigenvalue weighted by molar-refractivity contribution is 5.73. The van der Waals surface area contributed by atoms with Crippen molar-refractivity contribution in [1.82, 2.24) is 5.32 Å². The maximum atomic E-state index is 11.9. The van der Waals surface area contributed by atoms with Gasteiger partial charge in [0.15, 0.2) is 12.6 Å². The summed E-state index contributed by atoms with van der Waals surface area (Å²) >= 11 is 0. The zero-order valence-electron chi connectivity index (χ0n) is 17.0. The van der Waals surface area contributed by atoms with Crippen LogP contribution >= 0.6 is 0 Å². The van der Waals surface area contributed by atoms with E-state index in [1.54, 1.807) is 0 Å². The number of hydrogen-bond acceptors (Lipinski definition) is 6. The van der Waals surface area contributed by atoms with Crippen LogP contribution < -0.4 is 5.32 Å². The lowest BCUT2D eigenvalue weighted by Gasteiger charge is -2.48. The maximum absolute atomic E-state index is 11.9. The lowest BCUT2D eigenvalue weighted by molar-refractivity contribution is -0.327. The van der Waals surface area contributed by atoms with Gasteiger partial charge in [-0.25, -0.2) is 0 Å². The first-order valence-corrected chi connectivity index (χ1v) is 10.1. The van der Waals surface area contributed by atoms with E-state index in [1.807, 2.05) is 60.7 Å². The molecule has 2 aromatic carbocycles. The number of nitrogens with one attached hydrogen (secondary N) is 1. The summed E-state index contributed by atoms with van der Waals surface area (Å²) in [6.07, 6.45) is -2.58. The molecule has 4 rings (SSSR count). The van der Waals surface area contributed by atoms with E-state index in [2.05, 4.69) is 15.3 Å². The van der Waals surface area contributed by atoms with Crippen molar-refractivity contribution in [2.24, 2.45) is 5.11 Å². The van der Waals surface area contributed by atoms with E-state index in [9.17, 15) is 10.3 Å². The molecule has 2 saturated heterocycles. The largest absolute Gasteiger partial charge is 0.348 e. The van der Waals surface area contributed by atoms with Crippen molar-refractivity contribution >= 4 is 5.91 Å². The van der Waals surface area contributed by atoms with Crippen LogP contribution in [0.1, 0.15) is 24.3 Å². The summed E-state index contributed by atoms with van der Waals surface area (Å²) in [5.41, 5.74) is 11.0. The Hall–Kier alpha value is -2.94. The monoisotopic (exact) mass is 424 g/mol. The van der Waals surface area contributed by atoms with Crippen LogP contribution in [-0.2, 0) is 30.3 Å². The number of benzene rings is 2. The Kier molecular flexibility index (Phi) is 6.81. The predicted octanol–water partition coefficient (Wildman–Crippen LogP) is 3.23. The van der Waals surface area contributed by atoms with Gasteiger partial charge in [0.1, 0.15) is 12.2 Å². The van der Waals surface area contributed by atoms with Gasteiger partial charge in [-0.3, -0.25) is 4.79 Å². The second-order valence-electron chi connectivity index (χ2n) is 7.44. The van der Waals surface area contributed by atoms with Gasteiger partial charge in [-0.1, -0.05) is 65.8 Å². The first kappa shape index (κ1) is 21.3. The van der Waals surface area contributed by atoms with Crippen molar-refractivity contribution in [3.05, 3.63) is 82.2 Å². The number of carbonyl (C=O) groups is 1. The summed E-state index contributed by atoms with van der Waals surface area (Å²) in [6, 6.07) is 17.6. The van der Waals surface area contributed by atoms with Crippen molar-refractivity contribution in [1.29, 1.82) is 0 Å². The van der Waals surface area contributed by atoms with Crippen molar-refractivity contribution in [2.75, 3.05) is 6.61 Å². The second-order valence-corrected chi connectivity index (χ2v) is 7.44. The highest BCUT2D eigenvalue weighted by Crippen LogP contribution is 2.36. The Bertz CT molecular complexity index is 922. The van der Waals surface area contributed by atoms with E-state index in [4.69, 9.17) is 18.9 Å². The van der Waals surface area contributed by atoms with E-state index in [-0.39, 0.29) is 19.1 Å². The molecule has 2 fully saturated rings. The third-order valence-corrected chi connectivity index (χ3v) is 5.25. The molecule has 2 aliphatic heterocycles. The number of hydrogen-bond donors (Lipinski definition) is 1. The molecule has 0 aliphatic carbocycles. The highest BCUT2D eigenvalue weighted by Gasteiger charge is 2.50.